The predicted octanol–water partition coefficient (Wildman–Crippen LogP) is 4.75. The van der Waals surface area contributed by atoms with E-state index in [1.807, 2.05) is 13.8 Å². The number of aliphatic hydroxyl groups is 1. The van der Waals surface area contributed by atoms with Crippen molar-refractivity contribution in [1.82, 2.24) is 14.5 Å². The SMILES string of the molecule is Cc1cc2c(nc(CCCc3ccccc3)n2-c2ccc(CCO)cc2)c(C)n1. The fourth-order valence-corrected chi connectivity index (χ4v) is 3.92. The average molecular weight is 386 g/mol. The third kappa shape index (κ3) is 4.22. The molecule has 0 saturated heterocycles. The fourth-order valence-electron chi connectivity index (χ4n) is 3.92. The molecule has 4 nitrogen and oxygen atoms in total. The first-order valence-corrected chi connectivity index (χ1v) is 10.3. The summed E-state index contributed by atoms with van der Waals surface area (Å²) in [5.41, 5.74) is 7.67. The van der Waals surface area contributed by atoms with Crippen molar-refractivity contribution in [3.8, 4) is 5.69 Å². The number of benzene rings is 2. The van der Waals surface area contributed by atoms with Crippen LogP contribution in [0.3, 0.4) is 0 Å². The van der Waals surface area contributed by atoms with Gasteiger partial charge in [-0.25, -0.2) is 4.98 Å². The molecular formula is C25H27N3O. The summed E-state index contributed by atoms with van der Waals surface area (Å²) in [6, 6.07) is 21.2. The van der Waals surface area contributed by atoms with Crippen molar-refractivity contribution >= 4 is 11.0 Å². The normalized spacial score (nSPS) is 11.3. The molecule has 148 valence electrons. The number of hydrogen-bond acceptors (Lipinski definition) is 3. The van der Waals surface area contributed by atoms with Gasteiger partial charge >= 0.3 is 0 Å². The maximum absolute atomic E-state index is 9.19. The molecular weight excluding hydrogens is 358 g/mol. The zero-order valence-corrected chi connectivity index (χ0v) is 17.1. The number of pyridine rings is 1. The Balaban J connectivity index is 1.70. The number of imidazole rings is 1. The van der Waals surface area contributed by atoms with Crippen molar-refractivity contribution in [1.29, 1.82) is 0 Å². The number of aliphatic hydroxyl groups excluding tert-OH is 1. The van der Waals surface area contributed by atoms with Crippen LogP contribution in [0.2, 0.25) is 0 Å². The summed E-state index contributed by atoms with van der Waals surface area (Å²) in [6.45, 7) is 4.23. The Bertz CT molecular complexity index is 1100. The number of hydrogen-bond donors (Lipinski definition) is 1. The van der Waals surface area contributed by atoms with Gasteiger partial charge in [-0.3, -0.25) is 9.55 Å². The van der Waals surface area contributed by atoms with Gasteiger partial charge in [0.25, 0.3) is 0 Å². The lowest BCUT2D eigenvalue weighted by Crippen LogP contribution is -2.03. The van der Waals surface area contributed by atoms with Gasteiger partial charge in [0, 0.05) is 24.4 Å². The van der Waals surface area contributed by atoms with Gasteiger partial charge in [0.05, 0.1) is 11.2 Å². The van der Waals surface area contributed by atoms with Crippen molar-refractivity contribution in [2.75, 3.05) is 6.61 Å². The van der Waals surface area contributed by atoms with Crippen molar-refractivity contribution < 1.29 is 5.11 Å². The number of aromatic nitrogens is 3. The van der Waals surface area contributed by atoms with E-state index in [1.54, 1.807) is 0 Å². The highest BCUT2D eigenvalue weighted by atomic mass is 16.2. The molecule has 4 aromatic rings. The minimum absolute atomic E-state index is 0.169. The summed E-state index contributed by atoms with van der Waals surface area (Å²) in [5, 5.41) is 9.19. The Morgan fingerprint density at radius 3 is 2.28 bits per heavy atom. The van der Waals surface area contributed by atoms with E-state index in [4.69, 9.17) is 4.98 Å². The molecule has 4 heteroatoms. The van der Waals surface area contributed by atoms with E-state index in [-0.39, 0.29) is 6.61 Å². The third-order valence-corrected chi connectivity index (χ3v) is 5.32. The first-order valence-electron chi connectivity index (χ1n) is 10.3. The number of nitrogens with zero attached hydrogens (tertiary/aromatic N) is 3. The highest BCUT2D eigenvalue weighted by molar-refractivity contribution is 5.80. The molecule has 2 aromatic heterocycles. The lowest BCUT2D eigenvalue weighted by Gasteiger charge is -2.11. The zero-order chi connectivity index (χ0) is 20.2. The molecule has 0 unspecified atom stereocenters. The number of aryl methyl sites for hydroxylation is 4. The smallest absolute Gasteiger partial charge is 0.114 e. The van der Waals surface area contributed by atoms with Crippen LogP contribution in [0.1, 0.15) is 34.8 Å². The van der Waals surface area contributed by atoms with Crippen molar-refractivity contribution in [2.45, 2.75) is 39.5 Å². The van der Waals surface area contributed by atoms with Gasteiger partial charge in [-0.15, -0.1) is 0 Å². The molecule has 0 aliphatic heterocycles. The molecule has 0 bridgehead atoms. The van der Waals surface area contributed by atoms with Crippen LogP contribution in [0.4, 0.5) is 0 Å². The van der Waals surface area contributed by atoms with Crippen LogP contribution >= 0.6 is 0 Å². The molecule has 0 amide bonds. The Kier molecular flexibility index (Phi) is 5.72. The maximum Gasteiger partial charge on any atom is 0.114 e. The lowest BCUT2D eigenvalue weighted by molar-refractivity contribution is 0.299. The Labute approximate surface area is 171 Å². The van der Waals surface area contributed by atoms with Crippen LogP contribution in [0.5, 0.6) is 0 Å². The van der Waals surface area contributed by atoms with Gasteiger partial charge in [0.1, 0.15) is 11.3 Å². The molecule has 1 N–H and O–H groups in total. The highest BCUT2D eigenvalue weighted by Gasteiger charge is 2.15. The average Bonchev–Trinajstić information content (AvgIpc) is 3.08. The summed E-state index contributed by atoms with van der Waals surface area (Å²) >= 11 is 0. The minimum Gasteiger partial charge on any atom is -0.396 e. The topological polar surface area (TPSA) is 50.9 Å². The van der Waals surface area contributed by atoms with Gasteiger partial charge < -0.3 is 5.11 Å². The predicted molar refractivity (Wildman–Crippen MR) is 118 cm³/mol. The molecule has 0 saturated carbocycles. The van der Waals surface area contributed by atoms with Crippen molar-refractivity contribution in [3.63, 3.8) is 0 Å². The van der Waals surface area contributed by atoms with Crippen LogP contribution in [-0.2, 0) is 19.3 Å². The standard InChI is InChI=1S/C25H27N3O/c1-18-17-23-25(19(2)26-18)27-24(10-6-9-20-7-4-3-5-8-20)28(23)22-13-11-21(12-14-22)15-16-29/h3-5,7-8,11-14,17,29H,6,9-10,15-16H2,1-2H3. The summed E-state index contributed by atoms with van der Waals surface area (Å²) in [7, 11) is 0. The van der Waals surface area contributed by atoms with E-state index in [9.17, 15) is 5.11 Å². The van der Waals surface area contributed by atoms with E-state index in [1.165, 1.54) is 5.56 Å². The molecule has 0 aliphatic carbocycles. The minimum atomic E-state index is 0.169. The summed E-state index contributed by atoms with van der Waals surface area (Å²) in [4.78, 5) is 9.59. The first-order chi connectivity index (χ1) is 14.2. The molecule has 0 spiro atoms. The van der Waals surface area contributed by atoms with Crippen molar-refractivity contribution in [2.24, 2.45) is 0 Å². The van der Waals surface area contributed by atoms with Crippen molar-refractivity contribution in [3.05, 3.63) is 89.0 Å². The van der Waals surface area contributed by atoms with Crippen LogP contribution < -0.4 is 0 Å². The second kappa shape index (κ2) is 8.58. The molecule has 29 heavy (non-hydrogen) atoms. The molecule has 4 rings (SSSR count). The van der Waals surface area contributed by atoms with E-state index in [0.29, 0.717) is 6.42 Å². The molecule has 0 atom stereocenters. The summed E-state index contributed by atoms with van der Waals surface area (Å²) in [5.74, 6) is 1.07. The van der Waals surface area contributed by atoms with E-state index in [0.717, 1.165) is 58.8 Å². The fraction of sp³-hybridized carbons (Fsp3) is 0.280. The summed E-state index contributed by atoms with van der Waals surface area (Å²) < 4.78 is 2.27. The van der Waals surface area contributed by atoms with E-state index < -0.39 is 0 Å². The molecule has 0 fully saturated rings. The van der Waals surface area contributed by atoms with Crippen LogP contribution in [-0.4, -0.2) is 26.2 Å². The van der Waals surface area contributed by atoms with Crippen LogP contribution in [0, 0.1) is 13.8 Å². The summed E-state index contributed by atoms with van der Waals surface area (Å²) in [6.07, 6.45) is 3.66. The highest BCUT2D eigenvalue weighted by Crippen LogP contribution is 2.25. The largest absolute Gasteiger partial charge is 0.396 e. The Morgan fingerprint density at radius 1 is 0.828 bits per heavy atom. The van der Waals surface area contributed by atoms with E-state index in [2.05, 4.69) is 70.2 Å². The Hall–Kier alpha value is -2.98. The maximum atomic E-state index is 9.19. The second-order valence-electron chi connectivity index (χ2n) is 7.56. The monoisotopic (exact) mass is 385 g/mol. The lowest BCUT2D eigenvalue weighted by atomic mass is 10.1. The van der Waals surface area contributed by atoms with Gasteiger partial charge in [-0.05, 0) is 62.4 Å². The van der Waals surface area contributed by atoms with E-state index >= 15 is 0 Å². The van der Waals surface area contributed by atoms with Crippen LogP contribution in [0.25, 0.3) is 16.7 Å². The van der Waals surface area contributed by atoms with Gasteiger partial charge in [-0.1, -0.05) is 42.5 Å². The first kappa shape index (κ1) is 19.3. The number of fused-ring (bicyclic) bond motifs is 1. The van der Waals surface area contributed by atoms with Gasteiger partial charge in [-0.2, -0.15) is 0 Å². The quantitative estimate of drug-likeness (QED) is 0.500. The molecule has 2 aromatic carbocycles. The zero-order valence-electron chi connectivity index (χ0n) is 17.1. The number of rotatable bonds is 7. The molecule has 2 heterocycles. The third-order valence-electron chi connectivity index (χ3n) is 5.32. The Morgan fingerprint density at radius 2 is 1.55 bits per heavy atom. The van der Waals surface area contributed by atoms with Gasteiger partial charge in [0.15, 0.2) is 0 Å². The second-order valence-corrected chi connectivity index (χ2v) is 7.56. The van der Waals surface area contributed by atoms with Crippen LogP contribution in [0.15, 0.2) is 60.7 Å². The molecule has 0 radical (unpaired) electrons. The van der Waals surface area contributed by atoms with Gasteiger partial charge in [0.2, 0.25) is 0 Å². The molecule has 0 aliphatic rings.